The van der Waals surface area contributed by atoms with Crippen LogP contribution in [0.2, 0.25) is 0 Å². The molecule has 0 N–H and O–H groups in total. The molecule has 4 nitrogen and oxygen atoms in total. The zero-order valence-electron chi connectivity index (χ0n) is 27.1. The maximum Gasteiger partial charge on any atom is 0.881 e. The average molecular weight is 566 g/mol. The number of fused-ring (bicyclic) bond motifs is 3. The van der Waals surface area contributed by atoms with Crippen LogP contribution in [0.25, 0.3) is 0 Å². The van der Waals surface area contributed by atoms with Crippen molar-refractivity contribution in [2.45, 2.75) is 105 Å². The van der Waals surface area contributed by atoms with E-state index < -0.39 is 15.9 Å². The lowest BCUT2D eigenvalue weighted by atomic mass is 9.79. The van der Waals surface area contributed by atoms with Gasteiger partial charge in [-0.2, -0.15) is 0 Å². The molecule has 4 rings (SSSR count). The third-order valence-corrected chi connectivity index (χ3v) is 8.15. The molecule has 5 heteroatoms. The van der Waals surface area contributed by atoms with Crippen LogP contribution in [-0.2, 0) is 21.7 Å². The molecular formula is C36H46AlN2O2. The van der Waals surface area contributed by atoms with E-state index in [-0.39, 0.29) is 21.7 Å². The molecule has 0 bridgehead atoms. The van der Waals surface area contributed by atoms with Crippen LogP contribution < -0.4 is 7.58 Å². The molecule has 1 aliphatic rings. The summed E-state index contributed by atoms with van der Waals surface area (Å²) in [5, 5.41) is 0. The highest BCUT2D eigenvalue weighted by Gasteiger charge is 2.29. The Kier molecular flexibility index (Phi) is 8.40. The largest absolute Gasteiger partial charge is 0.881 e. The van der Waals surface area contributed by atoms with Crippen LogP contribution in [0.1, 0.15) is 116 Å². The predicted octanol–water partition coefficient (Wildman–Crippen LogP) is 9.68. The van der Waals surface area contributed by atoms with Gasteiger partial charge in [-0.05, 0) is 68.2 Å². The molecule has 0 aromatic heterocycles. The van der Waals surface area contributed by atoms with Crippen molar-refractivity contribution >= 4 is 39.7 Å². The molecule has 3 aromatic carbocycles. The first-order valence-corrected chi connectivity index (χ1v) is 15.5. The first kappa shape index (κ1) is 31.1. The maximum absolute atomic E-state index is 6.66. The van der Waals surface area contributed by atoms with Gasteiger partial charge in [0.25, 0.3) is 0 Å². The van der Waals surface area contributed by atoms with Crippen molar-refractivity contribution in [3.63, 3.8) is 0 Å². The van der Waals surface area contributed by atoms with Crippen molar-refractivity contribution in [1.82, 2.24) is 0 Å². The van der Waals surface area contributed by atoms with E-state index in [0.717, 1.165) is 45.1 Å². The summed E-state index contributed by atoms with van der Waals surface area (Å²) in [7, 11) is 0. The number of benzene rings is 3. The fraction of sp³-hybridized carbons (Fsp3) is 0.444. The van der Waals surface area contributed by atoms with Crippen molar-refractivity contribution in [1.29, 1.82) is 0 Å². The molecule has 0 aliphatic carbocycles. The Morgan fingerprint density at radius 2 is 0.878 bits per heavy atom. The molecule has 0 saturated heterocycles. The van der Waals surface area contributed by atoms with E-state index in [4.69, 9.17) is 17.6 Å². The minimum absolute atomic E-state index is 0.0269. The fourth-order valence-corrected chi connectivity index (χ4v) is 5.59. The highest BCUT2D eigenvalue weighted by atomic mass is 27.2. The summed E-state index contributed by atoms with van der Waals surface area (Å²) >= 11 is -0.860. The Labute approximate surface area is 254 Å². The molecule has 1 aliphatic heterocycles. The van der Waals surface area contributed by atoms with E-state index in [9.17, 15) is 0 Å². The summed E-state index contributed by atoms with van der Waals surface area (Å²) in [6.45, 7) is 26.9. The van der Waals surface area contributed by atoms with Gasteiger partial charge in [0.15, 0.2) is 0 Å². The summed E-state index contributed by atoms with van der Waals surface area (Å²) in [5.74, 6) is 1.68. The molecule has 0 spiro atoms. The topological polar surface area (TPSA) is 43.2 Å². The Morgan fingerprint density at radius 1 is 0.512 bits per heavy atom. The molecule has 0 unspecified atom stereocenters. The van der Waals surface area contributed by atoms with Crippen LogP contribution in [0.4, 0.5) is 11.4 Å². The molecule has 0 atom stereocenters. The number of nitrogens with zero attached hydrogens (tertiary/aromatic N) is 2. The van der Waals surface area contributed by atoms with Gasteiger partial charge in [-0.3, -0.25) is 9.98 Å². The van der Waals surface area contributed by atoms with Gasteiger partial charge in [-0.25, -0.2) is 0 Å². The number of aliphatic imine (C=N–C) groups is 2. The average Bonchev–Trinajstić information content (AvgIpc) is 2.85. The van der Waals surface area contributed by atoms with Gasteiger partial charge in [-0.1, -0.05) is 107 Å². The maximum atomic E-state index is 6.66. The fourth-order valence-electron chi connectivity index (χ4n) is 4.82. The van der Waals surface area contributed by atoms with Crippen LogP contribution in [0, 0.1) is 0 Å². The summed E-state index contributed by atoms with van der Waals surface area (Å²) in [4.78, 5) is 9.92. The SMILES string of the molecule is CC(C)(C)c1cc2c(c(C(C)(C)C)c1)[O][Al][O]c1c(cc(C(C)(C)C)cc1C(C)(C)C)C=Nc1ccccc1N=C2. The Morgan fingerprint density at radius 3 is 1.20 bits per heavy atom. The smallest absolute Gasteiger partial charge is 0.615 e. The van der Waals surface area contributed by atoms with Crippen molar-refractivity contribution in [3.05, 3.63) is 81.9 Å². The summed E-state index contributed by atoms with van der Waals surface area (Å²) in [6, 6.07) is 17.0. The molecule has 0 saturated carbocycles. The predicted molar refractivity (Wildman–Crippen MR) is 176 cm³/mol. The number of para-hydroxylation sites is 2. The first-order valence-electron chi connectivity index (χ1n) is 14.6. The van der Waals surface area contributed by atoms with Crippen LogP contribution in [0.3, 0.4) is 0 Å². The van der Waals surface area contributed by atoms with Crippen LogP contribution in [0.5, 0.6) is 11.5 Å². The minimum atomic E-state index is -0.860. The molecular weight excluding hydrogens is 519 g/mol. The minimum Gasteiger partial charge on any atom is -0.615 e. The van der Waals surface area contributed by atoms with E-state index in [1.54, 1.807) is 0 Å². The van der Waals surface area contributed by atoms with Gasteiger partial charge in [0.05, 0.1) is 22.9 Å². The van der Waals surface area contributed by atoms with E-state index in [0.29, 0.717) is 0 Å². The van der Waals surface area contributed by atoms with Gasteiger partial charge >= 0.3 is 15.9 Å². The molecule has 1 heterocycles. The number of rotatable bonds is 0. The molecule has 1 radical (unpaired) electrons. The zero-order valence-corrected chi connectivity index (χ0v) is 28.2. The van der Waals surface area contributed by atoms with Gasteiger partial charge in [-0.15, -0.1) is 0 Å². The Balaban J connectivity index is 2.01. The molecule has 0 amide bonds. The molecule has 215 valence electrons. The first-order chi connectivity index (χ1) is 18.9. The summed E-state index contributed by atoms with van der Waals surface area (Å²) < 4.78 is 13.3. The number of hydrogen-bond donors (Lipinski definition) is 0. The van der Waals surface area contributed by atoms with Crippen LogP contribution in [-0.4, -0.2) is 28.3 Å². The molecule has 41 heavy (non-hydrogen) atoms. The third kappa shape index (κ3) is 7.14. The third-order valence-electron chi connectivity index (χ3n) is 7.48. The quantitative estimate of drug-likeness (QED) is 0.255. The van der Waals surface area contributed by atoms with E-state index in [2.05, 4.69) is 107 Å². The second kappa shape index (κ2) is 11.1. The van der Waals surface area contributed by atoms with Crippen molar-refractivity contribution in [2.24, 2.45) is 9.98 Å². The van der Waals surface area contributed by atoms with Gasteiger partial charge < -0.3 is 7.58 Å². The zero-order chi connectivity index (χ0) is 30.4. The summed E-state index contributed by atoms with van der Waals surface area (Å²) in [5.41, 5.74) is 8.01. The lowest BCUT2D eigenvalue weighted by Crippen LogP contribution is -2.23. The highest BCUT2D eigenvalue weighted by molar-refractivity contribution is 6.21. The van der Waals surface area contributed by atoms with Crippen LogP contribution >= 0.6 is 0 Å². The van der Waals surface area contributed by atoms with Crippen molar-refractivity contribution < 1.29 is 7.58 Å². The van der Waals surface area contributed by atoms with Crippen LogP contribution in [0.15, 0.2) is 58.5 Å². The van der Waals surface area contributed by atoms with Gasteiger partial charge in [0, 0.05) is 23.6 Å². The number of hydrogen-bond acceptors (Lipinski definition) is 4. The highest BCUT2D eigenvalue weighted by Crippen LogP contribution is 2.41. The normalized spacial score (nSPS) is 14.2. The second-order valence-electron chi connectivity index (χ2n) is 15.2. The lowest BCUT2D eigenvalue weighted by Gasteiger charge is -2.30. The summed E-state index contributed by atoms with van der Waals surface area (Å²) in [6.07, 6.45) is 3.86. The van der Waals surface area contributed by atoms with E-state index in [1.807, 2.05) is 36.7 Å². The Bertz CT molecular complexity index is 1380. The second-order valence-corrected chi connectivity index (χ2v) is 15.9. The van der Waals surface area contributed by atoms with Gasteiger partial charge in [0.1, 0.15) is 0 Å². The monoisotopic (exact) mass is 565 g/mol. The molecule has 3 aromatic rings. The standard InChI is InChI=1S/C36H48N2O2.Al/c1-33(2,3)25-17-23(31(39)27(19-25)35(7,8)9)21-37-29-15-13-14-16-30(29)38-22-24-18-26(34(4,5)6)20-28(32(24)40)36(10,11)12;/h13-22,39-40H,1-12H3;/q;+2/p-2. The molecule has 0 fully saturated rings. The lowest BCUT2D eigenvalue weighted by molar-refractivity contribution is 0.432. The van der Waals surface area contributed by atoms with Crippen molar-refractivity contribution in [2.75, 3.05) is 0 Å². The van der Waals surface area contributed by atoms with E-state index >= 15 is 0 Å². The Hall–Kier alpha value is -2.87. The van der Waals surface area contributed by atoms with Crippen molar-refractivity contribution in [3.8, 4) is 11.5 Å². The van der Waals surface area contributed by atoms with Gasteiger partial charge in [0.2, 0.25) is 0 Å². The van der Waals surface area contributed by atoms with E-state index in [1.165, 1.54) is 11.1 Å².